The van der Waals surface area contributed by atoms with Gasteiger partial charge in [-0.15, -0.1) is 0 Å². The van der Waals surface area contributed by atoms with Gasteiger partial charge in [-0.1, -0.05) is 0 Å². The molecule has 26 heteroatoms. The minimum Gasteiger partial charge on any atom is -0.790 e. The maximum absolute atomic E-state index is 11.6. The first-order chi connectivity index (χ1) is 14.6. The van der Waals surface area contributed by atoms with Crippen LogP contribution in [0.1, 0.15) is 6.23 Å². The number of nitrogens with zero attached hydrogens (tertiary/aromatic N) is 4. The van der Waals surface area contributed by atoms with E-state index < -0.39 is 54.6 Å². The number of halogens is 1. The monoisotopic (exact) mass is 629 g/mol. The number of hydrogen-bond acceptors (Lipinski definition) is 17. The Balaban J connectivity index is 0. The quantitative estimate of drug-likeness (QED) is 0.139. The number of nitrogen functional groups attached to an aromatic ring is 1. The van der Waals surface area contributed by atoms with E-state index in [0.29, 0.717) is 0 Å². The standard InChI is InChI=1S/C10H15ClN5O13P3.4Na/c11-10-14-7(12)4-8(15-10)16(2-13-4)9-6(18)5(17)3(27-9)1-26-31(22,23)29-32(24,25)28-30(19,20)21;;;;/h2-3,5-6,9,17-18H,1H2,(H,22,23)(H,24,25)(H2,12,14,15)(H2,19,20,21);;;;/q;4*+1/p-4/t3-,5?,6-,9-;;;;/m1..../s1. The molecule has 0 spiro atoms. The Bertz CT molecular complexity index is 1170. The van der Waals surface area contributed by atoms with Gasteiger partial charge in [0.1, 0.15) is 23.8 Å². The van der Waals surface area contributed by atoms with E-state index in [4.69, 9.17) is 22.1 Å². The number of phosphoric ester groups is 1. The molecule has 1 fully saturated rings. The normalized spacial score (nSPS) is 24.9. The van der Waals surface area contributed by atoms with Crippen molar-refractivity contribution in [3.8, 4) is 0 Å². The molecule has 4 N–H and O–H groups in total. The van der Waals surface area contributed by atoms with E-state index in [1.165, 1.54) is 0 Å². The molecule has 1 aliphatic rings. The summed E-state index contributed by atoms with van der Waals surface area (Å²) in [7, 11) is -18.1. The summed E-state index contributed by atoms with van der Waals surface area (Å²) < 4.78 is 50.2. The van der Waals surface area contributed by atoms with Crippen molar-refractivity contribution in [2.45, 2.75) is 24.5 Å². The van der Waals surface area contributed by atoms with Crippen LogP contribution in [-0.4, -0.2) is 54.7 Å². The average molecular weight is 630 g/mol. The Labute approximate surface area is 295 Å². The van der Waals surface area contributed by atoms with Crippen molar-refractivity contribution in [3.63, 3.8) is 0 Å². The summed E-state index contributed by atoms with van der Waals surface area (Å²) in [5, 5.41) is 20.1. The molecule has 6 atom stereocenters. The van der Waals surface area contributed by atoms with Gasteiger partial charge in [0, 0.05) is 0 Å². The average Bonchev–Trinajstić information content (AvgIpc) is 3.12. The SMILES string of the molecule is Nc1nc(Cl)nc2c1ncn2[C@@H]1O[C@H](COP(=O)([O-])OP(=O)([O-])OP(=O)([O-])[O-])C(O)[C@H]1O.[Na+].[Na+].[Na+].[Na+]. The Morgan fingerprint density at radius 1 is 1.03 bits per heavy atom. The summed E-state index contributed by atoms with van der Waals surface area (Å²) in [6.45, 7) is -1.10. The molecule has 2 aromatic heterocycles. The molecule has 0 aromatic carbocycles. The molecule has 0 amide bonds. The van der Waals surface area contributed by atoms with Gasteiger partial charge in [-0.2, -0.15) is 9.97 Å². The van der Waals surface area contributed by atoms with E-state index in [0.717, 1.165) is 10.9 Å². The fourth-order valence-corrected chi connectivity index (χ4v) is 5.68. The number of rotatable bonds is 8. The Hall–Kier alpha value is 2.93. The molecule has 1 saturated heterocycles. The van der Waals surface area contributed by atoms with Gasteiger partial charge in [0.15, 0.2) is 17.7 Å². The largest absolute Gasteiger partial charge is 1.00 e. The number of aromatic nitrogens is 4. The van der Waals surface area contributed by atoms with E-state index in [1.54, 1.807) is 0 Å². The zero-order valence-electron chi connectivity index (χ0n) is 19.1. The van der Waals surface area contributed by atoms with Gasteiger partial charge >= 0.3 is 118 Å². The van der Waals surface area contributed by atoms with E-state index in [2.05, 4.69) is 28.1 Å². The molecule has 0 radical (unpaired) electrons. The second-order valence-electron chi connectivity index (χ2n) is 6.05. The zero-order chi connectivity index (χ0) is 24.1. The smallest absolute Gasteiger partial charge is 0.790 e. The Kier molecular flexibility index (Phi) is 18.2. The molecule has 2 aromatic rings. The van der Waals surface area contributed by atoms with Crippen LogP contribution in [-0.2, 0) is 31.6 Å². The summed E-state index contributed by atoms with van der Waals surface area (Å²) in [4.78, 5) is 54.9. The van der Waals surface area contributed by atoms with Gasteiger partial charge in [-0.05, 0) is 11.6 Å². The van der Waals surface area contributed by atoms with Crippen LogP contribution in [0.25, 0.3) is 11.2 Å². The van der Waals surface area contributed by atoms with Crippen molar-refractivity contribution in [1.82, 2.24) is 19.5 Å². The second kappa shape index (κ2) is 16.0. The van der Waals surface area contributed by atoms with Gasteiger partial charge in [0.2, 0.25) is 5.28 Å². The van der Waals surface area contributed by atoms with Gasteiger partial charge in [0.25, 0.3) is 15.6 Å². The number of aliphatic hydroxyl groups is 2. The molecule has 180 valence electrons. The van der Waals surface area contributed by atoms with Crippen molar-refractivity contribution in [2.24, 2.45) is 0 Å². The molecule has 0 saturated carbocycles. The fraction of sp³-hybridized carbons (Fsp3) is 0.500. The maximum atomic E-state index is 11.6. The minimum absolute atomic E-state index is 0. The number of hydrogen-bond donors (Lipinski definition) is 3. The van der Waals surface area contributed by atoms with Gasteiger partial charge in [0.05, 0.1) is 20.8 Å². The van der Waals surface area contributed by atoms with Crippen molar-refractivity contribution in [3.05, 3.63) is 11.6 Å². The van der Waals surface area contributed by atoms with E-state index in [9.17, 15) is 43.5 Å². The van der Waals surface area contributed by atoms with Crippen molar-refractivity contribution in [1.29, 1.82) is 0 Å². The molecule has 18 nitrogen and oxygen atoms in total. The van der Waals surface area contributed by atoms with Crippen LogP contribution in [0.5, 0.6) is 0 Å². The van der Waals surface area contributed by atoms with Crippen LogP contribution in [0.2, 0.25) is 5.28 Å². The number of ether oxygens (including phenoxy) is 1. The molecular weight excluding hydrogens is 618 g/mol. The molecule has 0 aliphatic carbocycles. The van der Waals surface area contributed by atoms with Crippen LogP contribution in [0.3, 0.4) is 0 Å². The minimum atomic E-state index is -6.16. The molecule has 36 heavy (non-hydrogen) atoms. The first-order valence-corrected chi connectivity index (χ1v) is 12.7. The summed E-state index contributed by atoms with van der Waals surface area (Å²) in [5.74, 6) is -0.0962. The number of aliphatic hydroxyl groups excluding tert-OH is 2. The van der Waals surface area contributed by atoms with Crippen molar-refractivity contribution in [2.75, 3.05) is 12.3 Å². The number of phosphoric acid groups is 3. The Morgan fingerprint density at radius 3 is 2.17 bits per heavy atom. The first kappa shape index (κ1) is 41.1. The molecule has 3 heterocycles. The third-order valence-corrected chi connectivity index (χ3v) is 7.66. The van der Waals surface area contributed by atoms with Crippen LogP contribution >= 0.6 is 35.1 Å². The van der Waals surface area contributed by atoms with Gasteiger partial charge < -0.3 is 49.3 Å². The topological polar surface area (TPSA) is 290 Å². The number of fused-ring (bicyclic) bond motifs is 1. The molecule has 1 aliphatic heterocycles. The predicted octanol–water partition coefficient (Wildman–Crippen LogP) is -15.5. The van der Waals surface area contributed by atoms with E-state index in [1.807, 2.05) is 0 Å². The second-order valence-corrected chi connectivity index (χ2v) is 10.6. The fourth-order valence-electron chi connectivity index (χ4n) is 2.64. The third kappa shape index (κ3) is 11.0. The maximum Gasteiger partial charge on any atom is 1.00 e. The van der Waals surface area contributed by atoms with E-state index in [-0.39, 0.29) is 140 Å². The molecule has 3 unspecified atom stereocenters. The number of imidazole rings is 1. The summed E-state index contributed by atoms with van der Waals surface area (Å²) in [6, 6.07) is 0. The molecular formula is C10H11ClN5Na4O13P3. The van der Waals surface area contributed by atoms with Crippen LogP contribution in [0, 0.1) is 0 Å². The molecule has 0 bridgehead atoms. The van der Waals surface area contributed by atoms with Crippen molar-refractivity contribution < 1.29 is 180 Å². The van der Waals surface area contributed by atoms with Gasteiger partial charge in [-0.25, -0.2) is 9.29 Å². The Morgan fingerprint density at radius 2 is 1.61 bits per heavy atom. The van der Waals surface area contributed by atoms with Crippen LogP contribution in [0.4, 0.5) is 5.82 Å². The number of nitrogens with two attached hydrogens (primary N) is 1. The van der Waals surface area contributed by atoms with Crippen LogP contribution in [0.15, 0.2) is 6.33 Å². The van der Waals surface area contributed by atoms with Crippen molar-refractivity contribution >= 4 is 52.1 Å². The summed E-state index contributed by atoms with van der Waals surface area (Å²) in [6.07, 6.45) is -5.33. The molecule has 3 rings (SSSR count). The first-order valence-electron chi connectivity index (χ1n) is 7.97. The van der Waals surface area contributed by atoms with Crippen LogP contribution < -0.4 is 144 Å². The number of anilines is 1. The zero-order valence-corrected chi connectivity index (χ0v) is 30.5. The summed E-state index contributed by atoms with van der Waals surface area (Å²) >= 11 is 5.73. The third-order valence-electron chi connectivity index (χ3n) is 3.83. The summed E-state index contributed by atoms with van der Waals surface area (Å²) in [5.41, 5.74) is 5.75. The predicted molar refractivity (Wildman–Crippen MR) is 91.6 cm³/mol. The van der Waals surface area contributed by atoms with Gasteiger partial charge in [-0.3, -0.25) is 18.0 Å². The van der Waals surface area contributed by atoms with E-state index >= 15 is 0 Å².